The van der Waals surface area contributed by atoms with Crippen LogP contribution in [0.1, 0.15) is 12.5 Å². The molecule has 1 aromatic heterocycles. The number of ether oxygens (including phenoxy) is 10. The van der Waals surface area contributed by atoms with Crippen LogP contribution in [0.3, 0.4) is 0 Å². The highest BCUT2D eigenvalue weighted by Crippen LogP contribution is 2.46. The van der Waals surface area contributed by atoms with Gasteiger partial charge in [0.1, 0.15) is 108 Å². The summed E-state index contributed by atoms with van der Waals surface area (Å²) in [7, 11) is 1.18. The summed E-state index contributed by atoms with van der Waals surface area (Å²) >= 11 is 0. The average molecular weight is 1100 g/mol. The Morgan fingerprint density at radius 3 is 1.73 bits per heavy atom. The molecular formula is C49H59O28+. The summed E-state index contributed by atoms with van der Waals surface area (Å²) in [5, 5.41) is 168. The predicted molar refractivity (Wildman–Crippen MR) is 251 cm³/mol. The molecule has 28 heteroatoms. The van der Waals surface area contributed by atoms with E-state index in [0.29, 0.717) is 5.56 Å². The lowest BCUT2D eigenvalue weighted by atomic mass is 9.98. The van der Waals surface area contributed by atoms with Gasteiger partial charge in [0.25, 0.3) is 0 Å². The second-order valence-corrected chi connectivity index (χ2v) is 18.4. The Balaban J connectivity index is 0.948. The molecule has 0 radical (unpaired) electrons. The third kappa shape index (κ3) is 12.1. The van der Waals surface area contributed by atoms with Crippen molar-refractivity contribution in [3.8, 4) is 51.6 Å². The summed E-state index contributed by atoms with van der Waals surface area (Å²) in [6.07, 6.45) is -31.2. The number of aliphatic hydroxyl groups is 13. The number of benzene rings is 3. The summed E-state index contributed by atoms with van der Waals surface area (Å²) < 4.78 is 62.5. The van der Waals surface area contributed by atoms with E-state index >= 15 is 0 Å². The first-order chi connectivity index (χ1) is 36.6. The molecule has 422 valence electrons. The van der Waals surface area contributed by atoms with Crippen LogP contribution < -0.4 is 18.9 Å². The van der Waals surface area contributed by atoms with E-state index in [4.69, 9.17) is 51.8 Å². The molecule has 4 saturated heterocycles. The average Bonchev–Trinajstić information content (AvgIpc) is 3.41. The van der Waals surface area contributed by atoms with Crippen LogP contribution in [0.15, 0.2) is 65.1 Å². The molecule has 0 bridgehead atoms. The largest absolute Gasteiger partial charge is 0.507 e. The monoisotopic (exact) mass is 1100 g/mol. The lowest BCUT2D eigenvalue weighted by Crippen LogP contribution is -2.62. The Morgan fingerprint density at radius 1 is 0.597 bits per heavy atom. The maximum atomic E-state index is 12.9. The summed E-state index contributed by atoms with van der Waals surface area (Å²) in [6.45, 7) is -0.770. The zero-order valence-corrected chi connectivity index (χ0v) is 40.6. The number of phenols is 3. The molecular weight excluding hydrogens is 1040 g/mol. The van der Waals surface area contributed by atoms with Gasteiger partial charge in [-0.05, 0) is 30.7 Å². The third-order valence-corrected chi connectivity index (χ3v) is 13.2. The molecule has 77 heavy (non-hydrogen) atoms. The second-order valence-electron chi connectivity index (χ2n) is 18.4. The molecule has 0 unspecified atom stereocenters. The van der Waals surface area contributed by atoms with E-state index in [9.17, 15) is 86.5 Å². The molecule has 16 N–H and O–H groups in total. The maximum Gasteiger partial charge on any atom is 0.402 e. The summed E-state index contributed by atoms with van der Waals surface area (Å²) in [5.41, 5.74) is 0.199. The van der Waals surface area contributed by atoms with Crippen molar-refractivity contribution in [1.29, 1.82) is 0 Å². The summed E-state index contributed by atoms with van der Waals surface area (Å²) in [4.78, 5) is 12.9. The van der Waals surface area contributed by atoms with Crippen LogP contribution in [0.5, 0.6) is 40.2 Å². The number of phenolic OH excluding ortho intramolecular Hbond substituents is 3. The van der Waals surface area contributed by atoms with Gasteiger partial charge in [0.05, 0.1) is 44.7 Å². The lowest BCUT2D eigenvalue weighted by molar-refractivity contribution is -0.319. The van der Waals surface area contributed by atoms with Gasteiger partial charge in [0.2, 0.25) is 30.4 Å². The number of aromatic hydroxyl groups is 3. The number of esters is 1. The summed E-state index contributed by atoms with van der Waals surface area (Å²) in [6, 6.07) is 11.5. The van der Waals surface area contributed by atoms with Crippen LogP contribution in [0.25, 0.3) is 28.4 Å². The zero-order valence-electron chi connectivity index (χ0n) is 40.6. The molecule has 0 spiro atoms. The number of aliphatic hydroxyl groups excluding tert-OH is 13. The fourth-order valence-corrected chi connectivity index (χ4v) is 8.79. The molecule has 0 amide bonds. The second kappa shape index (κ2) is 24.0. The highest BCUT2D eigenvalue weighted by Gasteiger charge is 2.50. The van der Waals surface area contributed by atoms with E-state index in [2.05, 4.69) is 0 Å². The van der Waals surface area contributed by atoms with E-state index in [1.54, 1.807) is 0 Å². The van der Waals surface area contributed by atoms with Crippen LogP contribution in [-0.4, -0.2) is 237 Å². The van der Waals surface area contributed by atoms with Gasteiger partial charge in [0.15, 0.2) is 23.9 Å². The van der Waals surface area contributed by atoms with Gasteiger partial charge in [-0.15, -0.1) is 0 Å². The van der Waals surface area contributed by atoms with Crippen molar-refractivity contribution in [1.82, 2.24) is 0 Å². The quantitative estimate of drug-likeness (QED) is 0.0221. The van der Waals surface area contributed by atoms with E-state index in [1.165, 1.54) is 56.5 Å². The molecule has 8 rings (SSSR count). The number of rotatable bonds is 16. The minimum Gasteiger partial charge on any atom is -0.507 e. The molecule has 3 aromatic carbocycles. The standard InChI is InChI=1S/C49H58O28/c1-17-44(77-31(54)8-5-18-3-6-21(7-4-18)70-47-40(63)36(59)33(56)28(14-50)74-47)39(62)43(66)46(69-17)68-16-30-35(58)38(61)42(65)49(76-30)73-27-13-22-24(71-45(27)19-9-23(53)32(55)26(10-19)67-2)11-20(52)12-25(22)72-48-41(64)37(60)34(57)29(15-51)75-48/h3-13,17,28-30,33-44,46-51,56-66H,14-16H2,1-2H3,(H2-,52,53,55)/p+1/b8-5-/t17-,28+,29+,30+,33+,34+,35+,36-,37-,38-,39-,40+,41+,42+,43+,44-,46+,47+,48+,49+/m0/s1. The van der Waals surface area contributed by atoms with Crippen LogP contribution in [0, 0.1) is 0 Å². The van der Waals surface area contributed by atoms with Crippen LogP contribution in [-0.2, 0) is 33.2 Å². The molecule has 20 atom stereocenters. The Kier molecular flexibility index (Phi) is 17.9. The maximum absolute atomic E-state index is 12.9. The van der Waals surface area contributed by atoms with Crippen molar-refractivity contribution in [2.45, 2.75) is 130 Å². The molecule has 4 aromatic rings. The molecule has 4 aliphatic rings. The fraction of sp³-hybridized carbons (Fsp3) is 0.510. The van der Waals surface area contributed by atoms with Crippen molar-refractivity contribution < 1.29 is 138 Å². The van der Waals surface area contributed by atoms with Gasteiger partial charge < -0.3 is 129 Å². The molecule has 28 nitrogen and oxygen atoms in total. The minimum atomic E-state index is -2.04. The van der Waals surface area contributed by atoms with E-state index in [-0.39, 0.29) is 39.5 Å². The number of methoxy groups -OCH3 is 1. The van der Waals surface area contributed by atoms with Crippen molar-refractivity contribution in [3.63, 3.8) is 0 Å². The molecule has 4 aliphatic heterocycles. The predicted octanol–water partition coefficient (Wildman–Crippen LogP) is -3.84. The van der Waals surface area contributed by atoms with Gasteiger partial charge in [0, 0.05) is 30.3 Å². The van der Waals surface area contributed by atoms with E-state index < -0.39 is 172 Å². The Labute approximate surface area is 435 Å². The van der Waals surface area contributed by atoms with Gasteiger partial charge in [-0.3, -0.25) is 0 Å². The molecule has 4 fully saturated rings. The number of carbonyl (C=O) groups excluding carboxylic acids is 1. The fourth-order valence-electron chi connectivity index (χ4n) is 8.79. The molecule has 5 heterocycles. The van der Waals surface area contributed by atoms with Gasteiger partial charge in [-0.2, -0.15) is 0 Å². The van der Waals surface area contributed by atoms with Crippen molar-refractivity contribution in [2.24, 2.45) is 0 Å². The topological polar surface area (TPSA) is 444 Å². The SMILES string of the molecule is COc1cc(-c2[o+]c3cc(O)cc(O[C@@H]4O[C@H](CO)[C@@H](O)[C@H](O)[C@H]4O)c3cc2O[C@@H]2O[C@H](CO[C@@H]3O[C@@H](C)[C@H](OC(=O)/C=C\c4ccc(O[C@@H]5O[C@H](CO)[C@@H](O)[C@H](O)[C@H]5O)cc4)[C@@H](O)[C@H]3O)[C@@H](O)[C@H](O)[C@H]2O)cc(O)c1O. The Bertz CT molecular complexity index is 2690. The summed E-state index contributed by atoms with van der Waals surface area (Å²) in [5.74, 6) is -3.92. The number of hydrogen-bond acceptors (Lipinski definition) is 27. The number of fused-ring (bicyclic) bond motifs is 1. The van der Waals surface area contributed by atoms with Crippen LogP contribution in [0.2, 0.25) is 0 Å². The highest BCUT2D eigenvalue weighted by atomic mass is 16.7. The third-order valence-electron chi connectivity index (χ3n) is 13.2. The van der Waals surface area contributed by atoms with E-state index in [0.717, 1.165) is 24.3 Å². The minimum absolute atomic E-state index is 0.0637. The smallest absolute Gasteiger partial charge is 0.402 e. The molecule has 0 aliphatic carbocycles. The Hall–Kier alpha value is -5.84. The van der Waals surface area contributed by atoms with Crippen molar-refractivity contribution in [2.75, 3.05) is 26.9 Å². The number of hydrogen-bond donors (Lipinski definition) is 16. The van der Waals surface area contributed by atoms with E-state index in [1.807, 2.05) is 0 Å². The van der Waals surface area contributed by atoms with Gasteiger partial charge in [-0.25, -0.2) is 9.21 Å². The highest BCUT2D eigenvalue weighted by molar-refractivity contribution is 5.89. The lowest BCUT2D eigenvalue weighted by Gasteiger charge is -2.42. The van der Waals surface area contributed by atoms with Crippen LogP contribution in [0.4, 0.5) is 0 Å². The zero-order chi connectivity index (χ0) is 55.7. The van der Waals surface area contributed by atoms with Gasteiger partial charge >= 0.3 is 17.3 Å². The first-order valence-electron chi connectivity index (χ1n) is 23.8. The first kappa shape index (κ1) is 57.3. The normalized spacial score (nSPS) is 35.6. The first-order valence-corrected chi connectivity index (χ1v) is 23.8. The van der Waals surface area contributed by atoms with Crippen LogP contribution >= 0.6 is 0 Å². The van der Waals surface area contributed by atoms with Gasteiger partial charge in [-0.1, -0.05) is 12.1 Å². The van der Waals surface area contributed by atoms with Crippen molar-refractivity contribution in [3.05, 3.63) is 66.2 Å². The Morgan fingerprint density at radius 2 is 1.14 bits per heavy atom. The molecule has 0 saturated carbocycles. The van der Waals surface area contributed by atoms with Crippen molar-refractivity contribution >= 4 is 23.0 Å². The number of carbonyl (C=O) groups is 1.